The van der Waals surface area contributed by atoms with Gasteiger partial charge in [-0.25, -0.2) is 0 Å². The first-order valence-electron chi connectivity index (χ1n) is 7.10. The highest BCUT2D eigenvalue weighted by Crippen LogP contribution is 2.32. The third-order valence-electron chi connectivity index (χ3n) is 3.84. The molecular weight excluding hydrogens is 309 g/mol. The molecule has 0 saturated carbocycles. The van der Waals surface area contributed by atoms with Gasteiger partial charge in [0.05, 0.1) is 0 Å². The lowest BCUT2D eigenvalue weighted by Gasteiger charge is -2.19. The highest BCUT2D eigenvalue weighted by molar-refractivity contribution is 6.03. The van der Waals surface area contributed by atoms with Crippen LogP contribution in [-0.4, -0.2) is 43.0 Å². The number of likely N-dealkylation sites (N-methyl/N-ethyl adjacent to an activating group) is 1. The predicted octanol–water partition coefficient (Wildman–Crippen LogP) is 2.15. The first-order valence-corrected chi connectivity index (χ1v) is 7.10. The molecule has 0 aromatic heterocycles. The molecule has 7 heteroatoms. The Kier molecular flexibility index (Phi) is 4.77. The molecule has 1 aromatic carbocycles. The van der Waals surface area contributed by atoms with Gasteiger partial charge >= 0.3 is 12.1 Å². The Morgan fingerprint density at radius 1 is 1.26 bits per heavy atom. The van der Waals surface area contributed by atoms with Crippen LogP contribution in [0.1, 0.15) is 18.1 Å². The topological polar surface area (TPSA) is 49.4 Å². The van der Waals surface area contributed by atoms with Gasteiger partial charge in [-0.2, -0.15) is 13.2 Å². The van der Waals surface area contributed by atoms with Gasteiger partial charge in [0.15, 0.2) is 0 Å². The average Bonchev–Trinajstić information content (AvgIpc) is 2.83. The van der Waals surface area contributed by atoms with Crippen molar-refractivity contribution in [2.24, 2.45) is 0 Å². The monoisotopic (exact) mass is 326 g/mol. The number of fused-ring (bicyclic) bond motifs is 1. The number of nitrogens with one attached hydrogen (secondary N) is 1. The fourth-order valence-corrected chi connectivity index (χ4v) is 2.53. The molecular formula is C16H17F3N2O2. The van der Waals surface area contributed by atoms with Crippen LogP contribution in [0.4, 0.5) is 13.2 Å². The molecule has 0 heterocycles. The summed E-state index contributed by atoms with van der Waals surface area (Å²) in [5.41, 5.74) is 3.61. The molecule has 1 aliphatic carbocycles. The fraction of sp³-hybridized carbons (Fsp3) is 0.375. The van der Waals surface area contributed by atoms with Gasteiger partial charge in [-0.05, 0) is 23.6 Å². The summed E-state index contributed by atoms with van der Waals surface area (Å²) >= 11 is 0. The second-order valence-electron chi connectivity index (χ2n) is 5.42. The predicted molar refractivity (Wildman–Crippen MR) is 79.4 cm³/mol. The Morgan fingerprint density at radius 3 is 2.52 bits per heavy atom. The zero-order chi connectivity index (χ0) is 17.2. The summed E-state index contributed by atoms with van der Waals surface area (Å²) in [6.45, 7) is 1.62. The number of halogens is 3. The summed E-state index contributed by atoms with van der Waals surface area (Å²) in [4.78, 5) is 24.5. The first kappa shape index (κ1) is 17.1. The van der Waals surface area contributed by atoms with E-state index in [1.165, 1.54) is 11.9 Å². The Bertz CT molecular complexity index is 666. The Hall–Kier alpha value is -2.31. The average molecular weight is 326 g/mol. The summed E-state index contributed by atoms with van der Waals surface area (Å²) in [6.07, 6.45) is -4.39. The van der Waals surface area contributed by atoms with Gasteiger partial charge in [0.25, 0.3) is 0 Å². The van der Waals surface area contributed by atoms with E-state index in [0.717, 1.165) is 16.7 Å². The van der Waals surface area contributed by atoms with Crippen LogP contribution < -0.4 is 5.32 Å². The van der Waals surface area contributed by atoms with Gasteiger partial charge in [0, 0.05) is 32.1 Å². The standard InChI is InChI=1S/C16H17F3N2O2/c1-10-12-6-4-3-5-11(12)9-13(10)14(22)21(2)8-7-20-15(23)16(17,18)19/h3-6H,7-9H2,1-2H3,(H,20,23). The SMILES string of the molecule is CC1=C(C(=O)N(C)CCNC(=O)C(F)(F)F)Cc2ccccc21. The summed E-state index contributed by atoms with van der Waals surface area (Å²) in [5, 5.41) is 1.75. The van der Waals surface area contributed by atoms with Gasteiger partial charge in [-0.1, -0.05) is 24.3 Å². The van der Waals surface area contributed by atoms with Crippen molar-refractivity contribution in [3.8, 4) is 0 Å². The van der Waals surface area contributed by atoms with E-state index in [1.54, 1.807) is 5.32 Å². The molecule has 0 spiro atoms. The van der Waals surface area contributed by atoms with Crippen LogP contribution in [0.3, 0.4) is 0 Å². The maximum Gasteiger partial charge on any atom is 0.471 e. The number of nitrogens with zero attached hydrogens (tertiary/aromatic N) is 1. The number of carbonyl (C=O) groups is 2. The molecule has 124 valence electrons. The highest BCUT2D eigenvalue weighted by atomic mass is 19.4. The van der Waals surface area contributed by atoms with Crippen molar-refractivity contribution in [3.63, 3.8) is 0 Å². The molecule has 1 aromatic rings. The molecule has 2 rings (SSSR count). The van der Waals surface area contributed by atoms with Gasteiger partial charge in [-0.15, -0.1) is 0 Å². The number of benzene rings is 1. The molecule has 0 unspecified atom stereocenters. The maximum absolute atomic E-state index is 12.4. The van der Waals surface area contributed by atoms with Crippen LogP contribution in [0.2, 0.25) is 0 Å². The number of hydrogen-bond acceptors (Lipinski definition) is 2. The molecule has 1 aliphatic rings. The number of alkyl halides is 3. The molecule has 4 nitrogen and oxygen atoms in total. The van der Waals surface area contributed by atoms with Crippen molar-refractivity contribution < 1.29 is 22.8 Å². The van der Waals surface area contributed by atoms with Crippen molar-refractivity contribution >= 4 is 17.4 Å². The minimum Gasteiger partial charge on any atom is -0.347 e. The largest absolute Gasteiger partial charge is 0.471 e. The Morgan fingerprint density at radius 2 is 1.91 bits per heavy atom. The number of rotatable bonds is 4. The molecule has 0 atom stereocenters. The van der Waals surface area contributed by atoms with Gasteiger partial charge in [0.2, 0.25) is 5.91 Å². The van der Waals surface area contributed by atoms with Crippen LogP contribution in [0.25, 0.3) is 5.57 Å². The maximum atomic E-state index is 12.4. The van der Waals surface area contributed by atoms with E-state index in [-0.39, 0.29) is 19.0 Å². The Labute approximate surface area is 132 Å². The van der Waals surface area contributed by atoms with E-state index >= 15 is 0 Å². The normalized spacial score (nSPS) is 13.8. The highest BCUT2D eigenvalue weighted by Gasteiger charge is 2.38. The lowest BCUT2D eigenvalue weighted by atomic mass is 10.1. The van der Waals surface area contributed by atoms with Crippen LogP contribution in [0.5, 0.6) is 0 Å². The van der Waals surface area contributed by atoms with Crippen molar-refractivity contribution in [3.05, 3.63) is 41.0 Å². The van der Waals surface area contributed by atoms with Crippen molar-refractivity contribution in [1.82, 2.24) is 10.2 Å². The van der Waals surface area contributed by atoms with E-state index in [0.29, 0.717) is 12.0 Å². The van der Waals surface area contributed by atoms with E-state index in [2.05, 4.69) is 0 Å². The van der Waals surface area contributed by atoms with E-state index in [9.17, 15) is 22.8 Å². The lowest BCUT2D eigenvalue weighted by molar-refractivity contribution is -0.173. The van der Waals surface area contributed by atoms with E-state index < -0.39 is 12.1 Å². The zero-order valence-electron chi connectivity index (χ0n) is 12.8. The molecule has 1 N–H and O–H groups in total. The fourth-order valence-electron chi connectivity index (χ4n) is 2.53. The molecule has 0 saturated heterocycles. The van der Waals surface area contributed by atoms with Crippen molar-refractivity contribution in [1.29, 1.82) is 0 Å². The summed E-state index contributed by atoms with van der Waals surface area (Å²) < 4.78 is 36.2. The molecule has 2 amide bonds. The molecule has 0 fully saturated rings. The zero-order valence-corrected chi connectivity index (χ0v) is 12.8. The summed E-state index contributed by atoms with van der Waals surface area (Å²) in [5.74, 6) is -2.23. The van der Waals surface area contributed by atoms with Crippen molar-refractivity contribution in [2.75, 3.05) is 20.1 Å². The minimum atomic E-state index is -4.91. The van der Waals surface area contributed by atoms with Crippen LogP contribution in [0, 0.1) is 0 Å². The third-order valence-corrected chi connectivity index (χ3v) is 3.84. The number of carbonyl (C=O) groups excluding carboxylic acids is 2. The second kappa shape index (κ2) is 6.44. The van der Waals surface area contributed by atoms with Gasteiger partial charge in [0.1, 0.15) is 0 Å². The van der Waals surface area contributed by atoms with Gasteiger partial charge in [-0.3, -0.25) is 9.59 Å². The smallest absolute Gasteiger partial charge is 0.347 e. The second-order valence-corrected chi connectivity index (χ2v) is 5.42. The number of allylic oxidation sites excluding steroid dienone is 1. The van der Waals surface area contributed by atoms with Crippen molar-refractivity contribution in [2.45, 2.75) is 19.5 Å². The van der Waals surface area contributed by atoms with Crippen LogP contribution in [-0.2, 0) is 16.0 Å². The van der Waals surface area contributed by atoms with Crippen LogP contribution in [0.15, 0.2) is 29.8 Å². The molecule has 0 radical (unpaired) electrons. The number of amides is 2. The van der Waals surface area contributed by atoms with E-state index in [4.69, 9.17) is 0 Å². The van der Waals surface area contributed by atoms with Gasteiger partial charge < -0.3 is 10.2 Å². The quantitative estimate of drug-likeness (QED) is 0.922. The first-order chi connectivity index (χ1) is 10.7. The van der Waals surface area contributed by atoms with Crippen LogP contribution >= 0.6 is 0 Å². The number of hydrogen-bond donors (Lipinski definition) is 1. The molecule has 0 aliphatic heterocycles. The molecule has 0 bridgehead atoms. The third kappa shape index (κ3) is 3.72. The summed E-state index contributed by atoms with van der Waals surface area (Å²) in [6, 6.07) is 7.68. The molecule has 23 heavy (non-hydrogen) atoms. The minimum absolute atomic E-state index is 0.00772. The summed E-state index contributed by atoms with van der Waals surface area (Å²) in [7, 11) is 1.51. The lowest BCUT2D eigenvalue weighted by Crippen LogP contribution is -2.42. The Balaban J connectivity index is 1.94. The van der Waals surface area contributed by atoms with E-state index in [1.807, 2.05) is 31.2 Å².